The van der Waals surface area contributed by atoms with Gasteiger partial charge in [-0.1, -0.05) is 12.8 Å². The van der Waals surface area contributed by atoms with E-state index in [-0.39, 0.29) is 5.60 Å². The van der Waals surface area contributed by atoms with Gasteiger partial charge in [0.25, 0.3) is 0 Å². The van der Waals surface area contributed by atoms with Crippen molar-refractivity contribution in [3.05, 3.63) is 0 Å². The average molecular weight is 252 g/mol. The lowest BCUT2D eigenvalue weighted by Crippen LogP contribution is -2.43. The first kappa shape index (κ1) is 12.9. The van der Waals surface area contributed by atoms with E-state index in [1.54, 1.807) is 0 Å². The largest absolute Gasteiger partial charge is 0.374 e. The fourth-order valence-corrected chi connectivity index (χ4v) is 4.07. The van der Waals surface area contributed by atoms with Gasteiger partial charge >= 0.3 is 0 Å². The topological polar surface area (TPSA) is 33.3 Å². The van der Waals surface area contributed by atoms with E-state index in [1.807, 2.05) is 0 Å². The van der Waals surface area contributed by atoms with Crippen LogP contribution in [-0.2, 0) is 4.74 Å². The summed E-state index contributed by atoms with van der Waals surface area (Å²) in [6.45, 7) is 5.32. The summed E-state index contributed by atoms with van der Waals surface area (Å²) in [5.74, 6) is 0.962. The van der Waals surface area contributed by atoms with Crippen LogP contribution in [0, 0.1) is 5.92 Å². The molecule has 2 heterocycles. The first-order valence-corrected chi connectivity index (χ1v) is 7.86. The molecule has 0 aromatic rings. The van der Waals surface area contributed by atoms with E-state index in [4.69, 9.17) is 4.74 Å². The van der Waals surface area contributed by atoms with Crippen LogP contribution in [0.4, 0.5) is 0 Å². The van der Waals surface area contributed by atoms with Gasteiger partial charge in [-0.05, 0) is 44.9 Å². The molecule has 3 heteroatoms. The van der Waals surface area contributed by atoms with E-state index in [0.29, 0.717) is 6.04 Å². The normalized spacial score (nSPS) is 44.2. The van der Waals surface area contributed by atoms with Gasteiger partial charge in [0.15, 0.2) is 0 Å². The Labute approximate surface area is 111 Å². The molecule has 104 valence electrons. The summed E-state index contributed by atoms with van der Waals surface area (Å²) in [6.07, 6.45) is 9.56. The van der Waals surface area contributed by atoms with E-state index >= 15 is 0 Å². The maximum atomic E-state index is 5.82. The Morgan fingerprint density at radius 2 is 2.17 bits per heavy atom. The minimum atomic E-state index is 0.103. The van der Waals surface area contributed by atoms with Crippen LogP contribution in [-0.4, -0.2) is 37.4 Å². The lowest BCUT2D eigenvalue weighted by molar-refractivity contribution is 0.0207. The molecule has 4 atom stereocenters. The summed E-state index contributed by atoms with van der Waals surface area (Å²) < 4.78 is 5.82. The van der Waals surface area contributed by atoms with Crippen LogP contribution < -0.4 is 10.6 Å². The van der Waals surface area contributed by atoms with Crippen LogP contribution in [0.3, 0.4) is 0 Å². The number of hydrogen-bond acceptors (Lipinski definition) is 3. The monoisotopic (exact) mass is 252 g/mol. The first-order valence-electron chi connectivity index (χ1n) is 7.86. The van der Waals surface area contributed by atoms with Gasteiger partial charge in [-0.15, -0.1) is 0 Å². The Morgan fingerprint density at radius 3 is 2.94 bits per heavy atom. The highest BCUT2D eigenvalue weighted by atomic mass is 16.5. The summed E-state index contributed by atoms with van der Waals surface area (Å²) in [4.78, 5) is 0. The van der Waals surface area contributed by atoms with Crippen molar-refractivity contribution in [2.45, 2.75) is 69.6 Å². The number of hydrogen-bond donors (Lipinski definition) is 2. The van der Waals surface area contributed by atoms with Gasteiger partial charge in [-0.3, -0.25) is 0 Å². The van der Waals surface area contributed by atoms with Gasteiger partial charge in [0.2, 0.25) is 0 Å². The van der Waals surface area contributed by atoms with Crippen LogP contribution >= 0.6 is 0 Å². The molecule has 2 aliphatic heterocycles. The van der Waals surface area contributed by atoms with Crippen molar-refractivity contribution in [3.63, 3.8) is 0 Å². The maximum Gasteiger partial charge on any atom is 0.0779 e. The third-order valence-corrected chi connectivity index (χ3v) is 5.14. The van der Waals surface area contributed by atoms with Crippen molar-refractivity contribution < 1.29 is 4.74 Å². The molecule has 1 aliphatic carbocycles. The molecule has 2 N–H and O–H groups in total. The van der Waals surface area contributed by atoms with E-state index in [9.17, 15) is 0 Å². The van der Waals surface area contributed by atoms with Crippen LogP contribution in [0.15, 0.2) is 0 Å². The van der Waals surface area contributed by atoms with Gasteiger partial charge in [-0.2, -0.15) is 0 Å². The van der Waals surface area contributed by atoms with Crippen molar-refractivity contribution in [2.24, 2.45) is 5.92 Å². The first-order chi connectivity index (χ1) is 8.75. The Morgan fingerprint density at radius 1 is 1.28 bits per heavy atom. The summed E-state index contributed by atoms with van der Waals surface area (Å²) in [7, 11) is 0. The zero-order valence-corrected chi connectivity index (χ0v) is 11.7. The second-order valence-corrected chi connectivity index (χ2v) is 6.78. The third-order valence-electron chi connectivity index (χ3n) is 5.14. The lowest BCUT2D eigenvalue weighted by Gasteiger charge is -2.25. The van der Waals surface area contributed by atoms with Crippen LogP contribution in [0.25, 0.3) is 0 Å². The van der Waals surface area contributed by atoms with E-state index < -0.39 is 0 Å². The average Bonchev–Trinajstić information content (AvgIpc) is 2.95. The summed E-state index contributed by atoms with van der Waals surface area (Å²) in [5, 5.41) is 7.46. The van der Waals surface area contributed by atoms with Gasteiger partial charge in [0.1, 0.15) is 0 Å². The third kappa shape index (κ3) is 2.89. The molecule has 1 saturated carbocycles. The molecule has 3 fully saturated rings. The fourth-order valence-electron chi connectivity index (χ4n) is 4.07. The molecular formula is C15H28N2O. The number of ether oxygens (including phenoxy) is 1. The Kier molecular flexibility index (Phi) is 3.92. The molecule has 3 rings (SSSR count). The van der Waals surface area contributed by atoms with E-state index in [1.165, 1.54) is 44.9 Å². The Hall–Kier alpha value is -0.120. The molecule has 0 aromatic carbocycles. The zero-order chi connectivity index (χ0) is 12.4. The predicted octanol–water partition coefficient (Wildman–Crippen LogP) is 2.07. The highest BCUT2D eigenvalue weighted by molar-refractivity contribution is 4.94. The molecule has 3 aliphatic rings. The Bertz CT molecular complexity index is 262. The zero-order valence-electron chi connectivity index (χ0n) is 11.7. The summed E-state index contributed by atoms with van der Waals surface area (Å²) >= 11 is 0. The molecule has 2 saturated heterocycles. The van der Waals surface area contributed by atoms with Gasteiger partial charge in [-0.25, -0.2) is 0 Å². The van der Waals surface area contributed by atoms with E-state index in [0.717, 1.165) is 31.7 Å². The van der Waals surface area contributed by atoms with E-state index in [2.05, 4.69) is 17.6 Å². The number of fused-ring (bicyclic) bond motifs is 1. The maximum absolute atomic E-state index is 5.82. The highest BCUT2D eigenvalue weighted by Crippen LogP contribution is 2.33. The van der Waals surface area contributed by atoms with Crippen LogP contribution in [0.5, 0.6) is 0 Å². The van der Waals surface area contributed by atoms with Crippen LogP contribution in [0.2, 0.25) is 0 Å². The molecule has 0 bridgehead atoms. The molecule has 4 unspecified atom stereocenters. The molecule has 3 nitrogen and oxygen atoms in total. The van der Waals surface area contributed by atoms with Gasteiger partial charge < -0.3 is 15.4 Å². The lowest BCUT2D eigenvalue weighted by atomic mass is 9.85. The second-order valence-electron chi connectivity index (χ2n) is 6.78. The quantitative estimate of drug-likeness (QED) is 0.803. The van der Waals surface area contributed by atoms with Crippen molar-refractivity contribution >= 4 is 0 Å². The van der Waals surface area contributed by atoms with Crippen molar-refractivity contribution in [2.75, 3.05) is 19.7 Å². The molecule has 0 amide bonds. The van der Waals surface area contributed by atoms with Crippen molar-refractivity contribution in [3.8, 4) is 0 Å². The van der Waals surface area contributed by atoms with Crippen molar-refractivity contribution in [1.29, 1.82) is 0 Å². The molecule has 0 radical (unpaired) electrons. The standard InChI is InChI=1S/C15H28N2O/c1-15(7-4-8-18-15)11-16-10-13-9-12-5-2-3-6-14(12)17-13/h12-14,16-17H,2-11H2,1H3. The van der Waals surface area contributed by atoms with Gasteiger partial charge in [0.05, 0.1) is 5.60 Å². The molecule has 18 heavy (non-hydrogen) atoms. The molecule has 0 aromatic heterocycles. The SMILES string of the molecule is CC1(CNCC2CC3CCCCC3N2)CCCO1. The minimum absolute atomic E-state index is 0.103. The predicted molar refractivity (Wildman–Crippen MR) is 73.7 cm³/mol. The smallest absolute Gasteiger partial charge is 0.0779 e. The number of rotatable bonds is 4. The summed E-state index contributed by atoms with van der Waals surface area (Å²) in [6, 6.07) is 1.52. The summed E-state index contributed by atoms with van der Waals surface area (Å²) in [5.41, 5.74) is 0.103. The fraction of sp³-hybridized carbons (Fsp3) is 1.00. The second kappa shape index (κ2) is 5.48. The van der Waals surface area contributed by atoms with Crippen LogP contribution in [0.1, 0.15) is 51.9 Å². The minimum Gasteiger partial charge on any atom is -0.374 e. The van der Waals surface area contributed by atoms with Crippen molar-refractivity contribution in [1.82, 2.24) is 10.6 Å². The highest BCUT2D eigenvalue weighted by Gasteiger charge is 2.35. The van der Waals surface area contributed by atoms with Gasteiger partial charge in [0, 0.05) is 31.8 Å². The number of nitrogens with one attached hydrogen (secondary N) is 2. The molecular weight excluding hydrogens is 224 g/mol. The molecule has 0 spiro atoms. The Balaban J connectivity index is 1.39.